The van der Waals surface area contributed by atoms with Crippen LogP contribution in [0.5, 0.6) is 5.75 Å². The number of hydrogen-bond donors (Lipinski definition) is 1. The molecule has 1 fully saturated rings. The Balaban J connectivity index is 1.38. The lowest BCUT2D eigenvalue weighted by molar-refractivity contribution is -0.133. The summed E-state index contributed by atoms with van der Waals surface area (Å²) in [6.45, 7) is 8.50. The van der Waals surface area contributed by atoms with Gasteiger partial charge in [0.2, 0.25) is 5.91 Å². The van der Waals surface area contributed by atoms with Gasteiger partial charge in [0, 0.05) is 44.0 Å². The van der Waals surface area contributed by atoms with Gasteiger partial charge < -0.3 is 19.5 Å². The van der Waals surface area contributed by atoms with E-state index in [-0.39, 0.29) is 36.0 Å². The maximum absolute atomic E-state index is 13.8. The lowest BCUT2D eigenvalue weighted by atomic mass is 9.98. The molecule has 5 rings (SSSR count). The van der Waals surface area contributed by atoms with Crippen LogP contribution in [0.3, 0.4) is 0 Å². The third-order valence-electron chi connectivity index (χ3n) is 8.25. The van der Waals surface area contributed by atoms with E-state index < -0.39 is 11.6 Å². The first-order chi connectivity index (χ1) is 21.8. The fourth-order valence-corrected chi connectivity index (χ4v) is 6.07. The molecule has 0 spiro atoms. The molecule has 2 heterocycles. The van der Waals surface area contributed by atoms with Crippen molar-refractivity contribution in [2.45, 2.75) is 32.4 Å². The minimum atomic E-state index is -1.01. The molecule has 3 aromatic carbocycles. The summed E-state index contributed by atoms with van der Waals surface area (Å²) in [4.78, 5) is 45.3. The van der Waals surface area contributed by atoms with Crippen molar-refractivity contribution < 1.29 is 29.0 Å². The van der Waals surface area contributed by atoms with Crippen molar-refractivity contribution in [1.29, 1.82) is 0 Å². The van der Waals surface area contributed by atoms with Gasteiger partial charge in [-0.3, -0.25) is 24.3 Å². The quantitative estimate of drug-likeness (QED) is 0.305. The van der Waals surface area contributed by atoms with Gasteiger partial charge in [0.05, 0.1) is 35.0 Å². The lowest BCUT2D eigenvalue weighted by Gasteiger charge is -2.37. The molecular weight excluding hydrogens is 631 g/mol. The van der Waals surface area contributed by atoms with E-state index in [1.807, 2.05) is 69.3 Å². The second-order valence-corrected chi connectivity index (χ2v) is 13.2. The van der Waals surface area contributed by atoms with Gasteiger partial charge in [-0.15, -0.1) is 0 Å². The van der Waals surface area contributed by atoms with E-state index in [2.05, 4.69) is 4.90 Å². The van der Waals surface area contributed by atoms with E-state index >= 15 is 0 Å². The Morgan fingerprint density at radius 3 is 2.13 bits per heavy atom. The van der Waals surface area contributed by atoms with Crippen LogP contribution in [0.25, 0.3) is 11.1 Å². The summed E-state index contributed by atoms with van der Waals surface area (Å²) in [5, 5.41) is 10.3. The molecule has 3 amide bonds. The van der Waals surface area contributed by atoms with E-state index in [1.165, 1.54) is 9.80 Å². The fourth-order valence-electron chi connectivity index (χ4n) is 5.76. The molecule has 1 atom stereocenters. The van der Waals surface area contributed by atoms with Crippen molar-refractivity contribution >= 4 is 52.5 Å². The number of benzene rings is 3. The van der Waals surface area contributed by atoms with Crippen LogP contribution in [-0.2, 0) is 14.3 Å². The fraction of sp³-hybridized carbons (Fsp3) is 0.382. The number of hydrogen-bond acceptors (Lipinski definition) is 6. The van der Waals surface area contributed by atoms with Crippen LogP contribution >= 0.6 is 23.2 Å². The smallest absolute Gasteiger partial charge is 0.412 e. The molecule has 1 unspecified atom stereocenters. The zero-order chi connectivity index (χ0) is 33.2. The highest BCUT2D eigenvalue weighted by Gasteiger charge is 2.32. The lowest BCUT2D eigenvalue weighted by Crippen LogP contribution is -2.48. The molecule has 0 aromatic heterocycles. The highest BCUT2D eigenvalue weighted by molar-refractivity contribution is 6.42. The molecule has 46 heavy (non-hydrogen) atoms. The van der Waals surface area contributed by atoms with Crippen LogP contribution in [0.4, 0.5) is 16.2 Å². The summed E-state index contributed by atoms with van der Waals surface area (Å²) in [5.41, 5.74) is 3.24. The van der Waals surface area contributed by atoms with Gasteiger partial charge in [-0.05, 0) is 55.7 Å². The molecule has 12 heteroatoms. The summed E-state index contributed by atoms with van der Waals surface area (Å²) in [6, 6.07) is 18.2. The minimum Gasteiger partial charge on any atom is -0.482 e. The van der Waals surface area contributed by atoms with Crippen molar-refractivity contribution in [3.8, 4) is 16.9 Å². The van der Waals surface area contributed by atoms with E-state index in [4.69, 9.17) is 32.7 Å². The third-order valence-corrected chi connectivity index (χ3v) is 8.97. The van der Waals surface area contributed by atoms with Crippen LogP contribution in [0.15, 0.2) is 60.7 Å². The number of fused-ring (bicyclic) bond motifs is 1. The summed E-state index contributed by atoms with van der Waals surface area (Å²) in [6.07, 6.45) is -1.01. The first kappa shape index (κ1) is 33.5. The summed E-state index contributed by atoms with van der Waals surface area (Å²) >= 11 is 12.4. The molecule has 244 valence electrons. The first-order valence-corrected chi connectivity index (χ1v) is 15.8. The first-order valence-electron chi connectivity index (χ1n) is 15.0. The Bertz CT molecular complexity index is 1590. The van der Waals surface area contributed by atoms with E-state index in [0.29, 0.717) is 41.9 Å². The topological polar surface area (TPSA) is 103 Å². The average molecular weight is 670 g/mol. The molecule has 10 nitrogen and oxygen atoms in total. The number of anilines is 2. The number of carbonyl (C=O) groups is 3. The van der Waals surface area contributed by atoms with Crippen molar-refractivity contribution in [2.24, 2.45) is 0 Å². The van der Waals surface area contributed by atoms with Crippen molar-refractivity contribution in [3.63, 3.8) is 0 Å². The van der Waals surface area contributed by atoms with Crippen molar-refractivity contribution in [1.82, 2.24) is 9.80 Å². The number of amides is 3. The molecule has 1 N–H and O–H groups in total. The Hall–Kier alpha value is -3.83. The van der Waals surface area contributed by atoms with Crippen LogP contribution in [0, 0.1) is 0 Å². The molecule has 3 aromatic rings. The monoisotopic (exact) mass is 668 g/mol. The third kappa shape index (κ3) is 7.41. The highest BCUT2D eigenvalue weighted by atomic mass is 35.5. The van der Waals surface area contributed by atoms with Gasteiger partial charge >= 0.3 is 6.09 Å². The molecule has 0 aliphatic carbocycles. The maximum atomic E-state index is 13.8. The zero-order valence-corrected chi connectivity index (χ0v) is 27.8. The SMILES string of the molecule is CN(C(=O)CN1C(=O)COc2cc(Cl)c(Cl)cc21)C(CN1CCOCC1)c1ccc(-c2ccc(N(C(=O)O)C(C)(C)C)cc2)cc1. The number of carbonyl (C=O) groups excluding carboxylic acids is 2. The van der Waals surface area contributed by atoms with Gasteiger partial charge in [-0.25, -0.2) is 4.79 Å². The number of ether oxygens (including phenoxy) is 2. The van der Waals surface area contributed by atoms with Gasteiger partial charge in [0.25, 0.3) is 5.91 Å². The largest absolute Gasteiger partial charge is 0.482 e. The van der Waals surface area contributed by atoms with Gasteiger partial charge in [-0.2, -0.15) is 0 Å². The molecule has 0 bridgehead atoms. The van der Waals surface area contributed by atoms with Gasteiger partial charge in [0.1, 0.15) is 12.3 Å². The van der Waals surface area contributed by atoms with Crippen molar-refractivity contribution in [3.05, 3.63) is 76.3 Å². The second-order valence-electron chi connectivity index (χ2n) is 12.4. The van der Waals surface area contributed by atoms with Crippen LogP contribution < -0.4 is 14.5 Å². The number of morpholine rings is 1. The molecule has 0 radical (unpaired) electrons. The minimum absolute atomic E-state index is 0.185. The second kappa shape index (κ2) is 13.9. The summed E-state index contributed by atoms with van der Waals surface area (Å²) < 4.78 is 11.1. The molecule has 2 aliphatic rings. The molecule has 0 saturated carbocycles. The highest BCUT2D eigenvalue weighted by Crippen LogP contribution is 2.39. The maximum Gasteiger partial charge on any atom is 0.412 e. The molecule has 1 saturated heterocycles. The number of likely N-dealkylation sites (N-methyl/N-ethyl adjacent to an activating group) is 1. The van der Waals surface area contributed by atoms with E-state index in [0.717, 1.165) is 29.8 Å². The van der Waals surface area contributed by atoms with E-state index in [1.54, 1.807) is 24.1 Å². The summed E-state index contributed by atoms with van der Waals surface area (Å²) in [5.74, 6) is -0.194. The number of nitrogens with zero attached hydrogens (tertiary/aromatic N) is 4. The van der Waals surface area contributed by atoms with Gasteiger partial charge in [-0.1, -0.05) is 59.6 Å². The van der Waals surface area contributed by atoms with Gasteiger partial charge in [0.15, 0.2) is 6.61 Å². The van der Waals surface area contributed by atoms with Crippen molar-refractivity contribution in [2.75, 3.05) is 62.8 Å². The molecule has 2 aliphatic heterocycles. The van der Waals surface area contributed by atoms with Crippen LogP contribution in [0.1, 0.15) is 32.4 Å². The number of halogens is 2. The Morgan fingerprint density at radius 1 is 0.957 bits per heavy atom. The summed E-state index contributed by atoms with van der Waals surface area (Å²) in [7, 11) is 1.75. The molecular formula is C34H38Cl2N4O6. The zero-order valence-electron chi connectivity index (χ0n) is 26.3. The Kier molecular flexibility index (Phi) is 10.1. The number of rotatable bonds is 8. The normalized spacial score (nSPS) is 16.0. The predicted octanol–water partition coefficient (Wildman–Crippen LogP) is 6.20. The Morgan fingerprint density at radius 2 is 1.54 bits per heavy atom. The van der Waals surface area contributed by atoms with Crippen LogP contribution in [-0.4, -0.2) is 91.4 Å². The Labute approximate surface area is 279 Å². The van der Waals surface area contributed by atoms with Crippen LogP contribution in [0.2, 0.25) is 10.0 Å². The predicted molar refractivity (Wildman–Crippen MR) is 179 cm³/mol. The number of carboxylic acid groups (broad SMARTS) is 1. The standard InChI is InChI=1S/C34H38Cl2N4O6/c1-34(2,3)40(33(43)44)25-11-9-23(10-12-25)22-5-7-24(8-6-22)29(19-38-13-15-45-16-14-38)37(4)31(41)20-39-28-17-26(35)27(36)18-30(28)46-21-32(39)42/h5-12,17-18,29H,13-16,19-21H2,1-4H3,(H,43,44). The average Bonchev–Trinajstić information content (AvgIpc) is 3.02. The van der Waals surface area contributed by atoms with E-state index in [9.17, 15) is 19.5 Å².